The molecule has 0 aromatic rings. The van der Waals surface area contributed by atoms with Crippen molar-refractivity contribution in [2.45, 2.75) is 72.6 Å². The summed E-state index contributed by atoms with van der Waals surface area (Å²) < 4.78 is 0. The molecule has 0 aromatic heterocycles. The Morgan fingerprint density at radius 2 is 1.60 bits per heavy atom. The first-order chi connectivity index (χ1) is 7.16. The Labute approximate surface area is 96.8 Å². The smallest absolute Gasteiger partial charge is 0.0337 e. The number of hydrogen-bond donors (Lipinski definition) is 0. The lowest BCUT2D eigenvalue weighted by Crippen LogP contribution is -2.19. The van der Waals surface area contributed by atoms with Gasteiger partial charge in [-0.05, 0) is 23.7 Å². The third kappa shape index (κ3) is 3.81. The predicted octanol–water partition coefficient (Wildman–Crippen LogP) is 5.28. The van der Waals surface area contributed by atoms with Crippen molar-refractivity contribution in [3.8, 4) is 0 Å². The van der Waals surface area contributed by atoms with Gasteiger partial charge < -0.3 is 0 Å². The van der Waals surface area contributed by atoms with E-state index in [2.05, 4.69) is 27.7 Å². The molecule has 0 heteroatoms. The van der Waals surface area contributed by atoms with Crippen LogP contribution in [0.3, 0.4) is 0 Å². The number of rotatable bonds is 6. The lowest BCUT2D eigenvalue weighted by molar-refractivity contribution is 0.224. The lowest BCUT2D eigenvalue weighted by Gasteiger charge is -2.27. The lowest BCUT2D eigenvalue weighted by atomic mass is 9.79. The second-order valence-electron chi connectivity index (χ2n) is 5.94. The first-order valence-corrected chi connectivity index (χ1v) is 7.16. The van der Waals surface area contributed by atoms with Crippen LogP contribution in [0.25, 0.3) is 0 Å². The molecule has 0 bridgehead atoms. The zero-order valence-electron chi connectivity index (χ0n) is 11.3. The molecule has 1 saturated carbocycles. The SMILES string of the molecule is CCCCCCC(C)C1C(C)CCC1C. The molecule has 0 nitrogen and oxygen atoms in total. The van der Waals surface area contributed by atoms with Crippen LogP contribution >= 0.6 is 0 Å². The highest BCUT2D eigenvalue weighted by Gasteiger charge is 2.33. The maximum absolute atomic E-state index is 2.49. The summed E-state index contributed by atoms with van der Waals surface area (Å²) in [6.45, 7) is 9.73. The van der Waals surface area contributed by atoms with Gasteiger partial charge in [-0.2, -0.15) is 0 Å². The molecule has 0 saturated heterocycles. The van der Waals surface area contributed by atoms with Crippen LogP contribution in [-0.2, 0) is 0 Å². The Morgan fingerprint density at radius 3 is 2.13 bits per heavy atom. The van der Waals surface area contributed by atoms with Gasteiger partial charge in [-0.15, -0.1) is 0 Å². The van der Waals surface area contributed by atoms with E-state index in [4.69, 9.17) is 0 Å². The second kappa shape index (κ2) is 6.55. The molecule has 90 valence electrons. The molecule has 0 heterocycles. The zero-order valence-corrected chi connectivity index (χ0v) is 11.3. The Kier molecular flexibility index (Phi) is 5.71. The first kappa shape index (κ1) is 13.1. The van der Waals surface area contributed by atoms with E-state index in [1.807, 2.05) is 0 Å². The molecular formula is C15H30. The van der Waals surface area contributed by atoms with E-state index in [9.17, 15) is 0 Å². The highest BCUT2D eigenvalue weighted by molar-refractivity contribution is 4.83. The minimum absolute atomic E-state index is 0.967. The van der Waals surface area contributed by atoms with E-state index >= 15 is 0 Å². The molecule has 0 N–H and O–H groups in total. The van der Waals surface area contributed by atoms with Crippen LogP contribution in [-0.4, -0.2) is 0 Å². The van der Waals surface area contributed by atoms with E-state index in [1.165, 1.54) is 44.9 Å². The maximum atomic E-state index is 2.49. The topological polar surface area (TPSA) is 0 Å². The quantitative estimate of drug-likeness (QED) is 0.524. The summed E-state index contributed by atoms with van der Waals surface area (Å²) in [5.74, 6) is 3.96. The predicted molar refractivity (Wildman–Crippen MR) is 69.0 cm³/mol. The molecule has 0 radical (unpaired) electrons. The molecule has 3 atom stereocenters. The van der Waals surface area contributed by atoms with Crippen LogP contribution < -0.4 is 0 Å². The van der Waals surface area contributed by atoms with E-state index in [-0.39, 0.29) is 0 Å². The van der Waals surface area contributed by atoms with Gasteiger partial charge in [0.15, 0.2) is 0 Å². The highest BCUT2D eigenvalue weighted by atomic mass is 14.4. The molecule has 0 aromatic carbocycles. The summed E-state index contributed by atoms with van der Waals surface area (Å²) in [7, 11) is 0. The molecule has 1 aliphatic carbocycles. The summed E-state index contributed by atoms with van der Waals surface area (Å²) in [5.41, 5.74) is 0. The van der Waals surface area contributed by atoms with Crippen molar-refractivity contribution in [2.24, 2.45) is 23.7 Å². The van der Waals surface area contributed by atoms with Crippen molar-refractivity contribution in [1.82, 2.24) is 0 Å². The average molecular weight is 210 g/mol. The zero-order chi connectivity index (χ0) is 11.3. The summed E-state index contributed by atoms with van der Waals surface area (Å²) in [6, 6.07) is 0. The van der Waals surface area contributed by atoms with Gasteiger partial charge in [-0.3, -0.25) is 0 Å². The van der Waals surface area contributed by atoms with Gasteiger partial charge in [-0.25, -0.2) is 0 Å². The molecular weight excluding hydrogens is 180 g/mol. The third-order valence-electron chi connectivity index (χ3n) is 4.56. The Hall–Kier alpha value is 0. The van der Waals surface area contributed by atoms with Crippen molar-refractivity contribution >= 4 is 0 Å². The Balaban J connectivity index is 2.23. The standard InChI is InChI=1S/C15H30/c1-5-6-7-8-9-12(2)15-13(3)10-11-14(15)4/h12-15H,5-11H2,1-4H3. The summed E-state index contributed by atoms with van der Waals surface area (Å²) >= 11 is 0. The summed E-state index contributed by atoms with van der Waals surface area (Å²) in [4.78, 5) is 0. The highest BCUT2D eigenvalue weighted by Crippen LogP contribution is 2.42. The Morgan fingerprint density at radius 1 is 1.00 bits per heavy atom. The van der Waals surface area contributed by atoms with Gasteiger partial charge >= 0.3 is 0 Å². The van der Waals surface area contributed by atoms with Crippen LogP contribution in [0.1, 0.15) is 72.6 Å². The van der Waals surface area contributed by atoms with Crippen LogP contribution in [0.4, 0.5) is 0 Å². The van der Waals surface area contributed by atoms with Gasteiger partial charge in [0.2, 0.25) is 0 Å². The van der Waals surface area contributed by atoms with Gasteiger partial charge in [0, 0.05) is 0 Å². The molecule has 1 aliphatic rings. The van der Waals surface area contributed by atoms with Crippen LogP contribution in [0, 0.1) is 23.7 Å². The van der Waals surface area contributed by atoms with Crippen molar-refractivity contribution in [2.75, 3.05) is 0 Å². The van der Waals surface area contributed by atoms with Crippen molar-refractivity contribution < 1.29 is 0 Å². The third-order valence-corrected chi connectivity index (χ3v) is 4.56. The van der Waals surface area contributed by atoms with E-state index in [0.717, 1.165) is 23.7 Å². The fraction of sp³-hybridized carbons (Fsp3) is 1.00. The fourth-order valence-corrected chi connectivity index (χ4v) is 3.68. The van der Waals surface area contributed by atoms with E-state index < -0.39 is 0 Å². The molecule has 3 unspecified atom stereocenters. The average Bonchev–Trinajstić information content (AvgIpc) is 2.53. The Bertz CT molecular complexity index is 151. The van der Waals surface area contributed by atoms with Crippen LogP contribution in [0.5, 0.6) is 0 Å². The first-order valence-electron chi connectivity index (χ1n) is 7.16. The second-order valence-corrected chi connectivity index (χ2v) is 5.94. The number of unbranched alkanes of at least 4 members (excludes halogenated alkanes) is 3. The molecule has 1 fully saturated rings. The van der Waals surface area contributed by atoms with Crippen molar-refractivity contribution in [1.29, 1.82) is 0 Å². The van der Waals surface area contributed by atoms with E-state index in [0.29, 0.717) is 0 Å². The normalized spacial score (nSPS) is 33.2. The molecule has 0 aliphatic heterocycles. The fourth-order valence-electron chi connectivity index (χ4n) is 3.68. The molecule has 1 rings (SSSR count). The maximum Gasteiger partial charge on any atom is -0.0337 e. The van der Waals surface area contributed by atoms with E-state index in [1.54, 1.807) is 0 Å². The number of hydrogen-bond acceptors (Lipinski definition) is 0. The minimum atomic E-state index is 0.967. The summed E-state index contributed by atoms with van der Waals surface area (Å²) in [5, 5.41) is 0. The van der Waals surface area contributed by atoms with Crippen LogP contribution in [0.15, 0.2) is 0 Å². The van der Waals surface area contributed by atoms with Crippen LogP contribution in [0.2, 0.25) is 0 Å². The van der Waals surface area contributed by atoms with Gasteiger partial charge in [-0.1, -0.05) is 72.6 Å². The molecule has 0 spiro atoms. The minimum Gasteiger partial charge on any atom is -0.0654 e. The van der Waals surface area contributed by atoms with Gasteiger partial charge in [0.05, 0.1) is 0 Å². The summed E-state index contributed by atoms with van der Waals surface area (Å²) in [6.07, 6.45) is 10.1. The largest absolute Gasteiger partial charge is 0.0654 e. The van der Waals surface area contributed by atoms with Crippen molar-refractivity contribution in [3.63, 3.8) is 0 Å². The van der Waals surface area contributed by atoms with Gasteiger partial charge in [0.1, 0.15) is 0 Å². The van der Waals surface area contributed by atoms with Gasteiger partial charge in [0.25, 0.3) is 0 Å². The van der Waals surface area contributed by atoms with Crippen molar-refractivity contribution in [3.05, 3.63) is 0 Å². The molecule has 15 heavy (non-hydrogen) atoms. The monoisotopic (exact) mass is 210 g/mol. The molecule has 0 amide bonds.